The minimum atomic E-state index is -0.379. The van der Waals surface area contributed by atoms with Crippen LogP contribution >= 0.6 is 35.0 Å². The highest BCUT2D eigenvalue weighted by atomic mass is 35.5. The van der Waals surface area contributed by atoms with Crippen molar-refractivity contribution in [1.82, 2.24) is 5.32 Å². The van der Waals surface area contributed by atoms with Gasteiger partial charge >= 0.3 is 5.97 Å². The third kappa shape index (κ3) is 5.77. The summed E-state index contributed by atoms with van der Waals surface area (Å²) in [5.41, 5.74) is 0.792. The van der Waals surface area contributed by atoms with Crippen LogP contribution in [-0.4, -0.2) is 30.0 Å². The molecule has 0 aliphatic carbocycles. The van der Waals surface area contributed by atoms with Gasteiger partial charge in [-0.25, -0.2) is 0 Å². The topological polar surface area (TPSA) is 55.4 Å². The lowest BCUT2D eigenvalue weighted by molar-refractivity contribution is -0.139. The molecule has 7 heteroatoms. The van der Waals surface area contributed by atoms with Gasteiger partial charge in [-0.1, -0.05) is 29.3 Å². The molecule has 0 radical (unpaired) electrons. The van der Waals surface area contributed by atoms with E-state index in [1.807, 2.05) is 6.92 Å². The molecule has 2 atom stereocenters. The van der Waals surface area contributed by atoms with Gasteiger partial charge in [0.2, 0.25) is 5.91 Å². The van der Waals surface area contributed by atoms with Crippen molar-refractivity contribution in [2.75, 3.05) is 12.9 Å². The summed E-state index contributed by atoms with van der Waals surface area (Å²) < 4.78 is 4.60. The van der Waals surface area contributed by atoms with Crippen LogP contribution in [-0.2, 0) is 14.3 Å². The Morgan fingerprint density at radius 1 is 1.33 bits per heavy atom. The highest BCUT2D eigenvalue weighted by molar-refractivity contribution is 8.01. The van der Waals surface area contributed by atoms with Gasteiger partial charge in [0.05, 0.1) is 18.9 Å². The van der Waals surface area contributed by atoms with Gasteiger partial charge in [-0.15, -0.1) is 11.8 Å². The molecule has 0 saturated heterocycles. The molecule has 0 heterocycles. The molecule has 0 aromatic heterocycles. The number of benzene rings is 1. The van der Waals surface area contributed by atoms with Crippen molar-refractivity contribution in [2.24, 2.45) is 0 Å². The fraction of sp³-hybridized carbons (Fsp3) is 0.429. The van der Waals surface area contributed by atoms with Gasteiger partial charge in [-0.05, 0) is 31.5 Å². The van der Waals surface area contributed by atoms with E-state index >= 15 is 0 Å². The molecule has 1 aromatic carbocycles. The molecule has 21 heavy (non-hydrogen) atoms. The number of hydrogen-bond donors (Lipinski definition) is 1. The number of hydrogen-bond acceptors (Lipinski definition) is 4. The van der Waals surface area contributed by atoms with Gasteiger partial charge in [0, 0.05) is 10.0 Å². The largest absolute Gasteiger partial charge is 0.468 e. The molecular formula is C14H17Cl2NO3S. The van der Waals surface area contributed by atoms with Crippen molar-refractivity contribution in [1.29, 1.82) is 0 Å². The van der Waals surface area contributed by atoms with Crippen LogP contribution in [0.2, 0.25) is 10.0 Å². The van der Waals surface area contributed by atoms with Gasteiger partial charge in [-0.3, -0.25) is 9.59 Å². The second-order valence-corrected chi connectivity index (χ2v) is 6.60. The average molecular weight is 350 g/mol. The van der Waals surface area contributed by atoms with Crippen molar-refractivity contribution in [3.05, 3.63) is 33.8 Å². The van der Waals surface area contributed by atoms with E-state index in [1.165, 1.54) is 18.9 Å². The highest BCUT2D eigenvalue weighted by Crippen LogP contribution is 2.26. The maximum Gasteiger partial charge on any atom is 0.318 e. The van der Waals surface area contributed by atoms with E-state index in [0.717, 1.165) is 5.56 Å². The van der Waals surface area contributed by atoms with E-state index in [1.54, 1.807) is 25.1 Å². The maximum atomic E-state index is 11.9. The lowest BCUT2D eigenvalue weighted by Crippen LogP contribution is -2.29. The third-order valence-electron chi connectivity index (χ3n) is 2.80. The molecule has 1 aromatic rings. The molecule has 4 nitrogen and oxygen atoms in total. The van der Waals surface area contributed by atoms with Gasteiger partial charge in [0.25, 0.3) is 0 Å². The summed E-state index contributed by atoms with van der Waals surface area (Å²) in [5, 5.41) is 3.50. The van der Waals surface area contributed by atoms with Crippen molar-refractivity contribution in [2.45, 2.75) is 25.1 Å². The number of ether oxygens (including phenoxy) is 1. The first-order chi connectivity index (χ1) is 9.85. The minimum Gasteiger partial charge on any atom is -0.468 e. The Balaban J connectivity index is 2.52. The number of nitrogens with one attached hydrogen (secondary N) is 1. The molecule has 116 valence electrons. The van der Waals surface area contributed by atoms with Crippen LogP contribution < -0.4 is 5.32 Å². The molecule has 0 fully saturated rings. The molecule has 1 amide bonds. The van der Waals surface area contributed by atoms with Gasteiger partial charge in [0.15, 0.2) is 0 Å². The van der Waals surface area contributed by atoms with Gasteiger partial charge in [0.1, 0.15) is 5.25 Å². The Morgan fingerprint density at radius 2 is 2.00 bits per heavy atom. The summed E-state index contributed by atoms with van der Waals surface area (Å²) in [7, 11) is 1.32. The smallest absolute Gasteiger partial charge is 0.318 e. The van der Waals surface area contributed by atoms with Crippen LogP contribution in [0.25, 0.3) is 0 Å². The normalized spacial score (nSPS) is 13.4. The van der Waals surface area contributed by atoms with Crippen LogP contribution in [0.4, 0.5) is 0 Å². The van der Waals surface area contributed by atoms with Crippen molar-refractivity contribution < 1.29 is 14.3 Å². The van der Waals surface area contributed by atoms with Crippen LogP contribution in [0.15, 0.2) is 18.2 Å². The predicted octanol–water partition coefficient (Wildman–Crippen LogP) is 3.47. The Kier molecular flexibility index (Phi) is 7.35. The molecule has 0 saturated carbocycles. The summed E-state index contributed by atoms with van der Waals surface area (Å²) in [6.45, 7) is 3.53. The van der Waals surface area contributed by atoms with Crippen molar-refractivity contribution in [3.63, 3.8) is 0 Å². The Bertz CT molecular complexity index is 525. The zero-order valence-electron chi connectivity index (χ0n) is 12.0. The molecule has 0 bridgehead atoms. The highest BCUT2D eigenvalue weighted by Gasteiger charge is 2.17. The number of thioether (sulfide) groups is 1. The molecule has 1 rings (SSSR count). The quantitative estimate of drug-likeness (QED) is 0.799. The first-order valence-electron chi connectivity index (χ1n) is 6.29. The van der Waals surface area contributed by atoms with Crippen LogP contribution in [0.5, 0.6) is 0 Å². The van der Waals surface area contributed by atoms with Gasteiger partial charge < -0.3 is 10.1 Å². The number of methoxy groups -OCH3 is 1. The van der Waals surface area contributed by atoms with E-state index in [9.17, 15) is 9.59 Å². The third-order valence-corrected chi connectivity index (χ3v) is 4.49. The number of rotatable bonds is 6. The number of amides is 1. The second-order valence-electron chi connectivity index (χ2n) is 4.43. The zero-order valence-corrected chi connectivity index (χ0v) is 14.3. The SMILES string of the molecule is COC(=O)C(C)SCC(=O)NC(C)c1ccc(Cl)cc1Cl. The lowest BCUT2D eigenvalue weighted by Gasteiger charge is -2.16. The Morgan fingerprint density at radius 3 is 2.57 bits per heavy atom. The molecule has 1 N–H and O–H groups in total. The molecule has 2 unspecified atom stereocenters. The Hall–Kier alpha value is -0.910. The summed E-state index contributed by atoms with van der Waals surface area (Å²) >= 11 is 13.2. The standard InChI is InChI=1S/C14H17Cl2NO3S/c1-8(11-5-4-10(15)6-12(11)16)17-13(18)7-21-9(2)14(19)20-3/h4-6,8-9H,7H2,1-3H3,(H,17,18). The number of carbonyl (C=O) groups excluding carboxylic acids is 2. The van der Waals surface area contributed by atoms with Crippen LogP contribution in [0.3, 0.4) is 0 Å². The average Bonchev–Trinajstić information content (AvgIpc) is 2.43. The van der Waals surface area contributed by atoms with E-state index in [4.69, 9.17) is 23.2 Å². The molecule has 0 spiro atoms. The van der Waals surface area contributed by atoms with Crippen LogP contribution in [0, 0.1) is 0 Å². The lowest BCUT2D eigenvalue weighted by atomic mass is 10.1. The summed E-state index contributed by atoms with van der Waals surface area (Å²) in [6, 6.07) is 4.89. The first kappa shape index (κ1) is 18.1. The maximum absolute atomic E-state index is 11.9. The fourth-order valence-electron chi connectivity index (χ4n) is 1.65. The van der Waals surface area contributed by atoms with E-state index < -0.39 is 0 Å². The molecule has 0 aliphatic heterocycles. The fourth-order valence-corrected chi connectivity index (χ4v) is 2.94. The van der Waals surface area contributed by atoms with E-state index in [2.05, 4.69) is 10.1 Å². The number of carbonyl (C=O) groups is 2. The van der Waals surface area contributed by atoms with Crippen molar-refractivity contribution >= 4 is 46.8 Å². The zero-order chi connectivity index (χ0) is 16.0. The van der Waals surface area contributed by atoms with Crippen LogP contribution in [0.1, 0.15) is 25.5 Å². The van der Waals surface area contributed by atoms with Crippen molar-refractivity contribution in [3.8, 4) is 0 Å². The van der Waals surface area contributed by atoms with E-state index in [-0.39, 0.29) is 28.9 Å². The van der Waals surface area contributed by atoms with E-state index in [0.29, 0.717) is 10.0 Å². The summed E-state index contributed by atoms with van der Waals surface area (Å²) in [4.78, 5) is 23.1. The second kappa shape index (κ2) is 8.51. The van der Waals surface area contributed by atoms with Gasteiger partial charge in [-0.2, -0.15) is 0 Å². The Labute approximate surface area is 138 Å². The summed E-state index contributed by atoms with van der Waals surface area (Å²) in [5.74, 6) is -0.345. The number of halogens is 2. The predicted molar refractivity (Wildman–Crippen MR) is 87.0 cm³/mol. The molecular weight excluding hydrogens is 333 g/mol. The molecule has 0 aliphatic rings. The number of esters is 1. The minimum absolute atomic E-state index is 0.172. The summed E-state index contributed by atoms with van der Waals surface area (Å²) in [6.07, 6.45) is 0. The monoisotopic (exact) mass is 349 g/mol. The first-order valence-corrected chi connectivity index (χ1v) is 8.09.